The van der Waals surface area contributed by atoms with E-state index in [1.54, 1.807) is 51.1 Å². The van der Waals surface area contributed by atoms with Crippen molar-refractivity contribution in [1.82, 2.24) is 16.0 Å². The summed E-state index contributed by atoms with van der Waals surface area (Å²) < 4.78 is 0. The average Bonchev–Trinajstić information content (AvgIpc) is 2.78. The maximum Gasteiger partial charge on any atom is 0.326 e. The lowest BCUT2D eigenvalue weighted by molar-refractivity contribution is -0.143. The first-order chi connectivity index (χ1) is 15.9. The lowest BCUT2D eigenvalue weighted by Gasteiger charge is -2.28. The predicted molar refractivity (Wildman–Crippen MR) is 128 cm³/mol. The Balaban J connectivity index is 3.10. The van der Waals surface area contributed by atoms with Gasteiger partial charge in [-0.15, -0.1) is 0 Å². The molecule has 0 aromatic heterocycles. The van der Waals surface area contributed by atoms with Crippen LogP contribution in [0.2, 0.25) is 0 Å². The van der Waals surface area contributed by atoms with Crippen molar-refractivity contribution < 1.29 is 29.4 Å². The third-order valence-electron chi connectivity index (χ3n) is 5.77. The normalized spacial score (nSPS) is 16.5. The number of aliphatic hydroxyl groups is 1. The second kappa shape index (κ2) is 13.7. The maximum atomic E-state index is 13.0. The van der Waals surface area contributed by atoms with Gasteiger partial charge in [-0.1, -0.05) is 64.4 Å². The topological polar surface area (TPSA) is 171 Å². The Labute approximate surface area is 200 Å². The van der Waals surface area contributed by atoms with Crippen LogP contribution in [-0.2, 0) is 25.6 Å². The zero-order chi connectivity index (χ0) is 26.0. The summed E-state index contributed by atoms with van der Waals surface area (Å²) in [6, 6.07) is 4.37. The second-order valence-electron chi connectivity index (χ2n) is 8.96. The molecule has 7 N–H and O–H groups in total. The highest BCUT2D eigenvalue weighted by molar-refractivity contribution is 5.94. The van der Waals surface area contributed by atoms with E-state index in [9.17, 15) is 29.4 Å². The number of rotatable bonds is 13. The predicted octanol–water partition coefficient (Wildman–Crippen LogP) is 0.178. The molecule has 190 valence electrons. The van der Waals surface area contributed by atoms with E-state index in [1.807, 2.05) is 6.92 Å². The van der Waals surface area contributed by atoms with Gasteiger partial charge in [0.25, 0.3) is 0 Å². The van der Waals surface area contributed by atoms with Gasteiger partial charge in [-0.2, -0.15) is 0 Å². The lowest BCUT2D eigenvalue weighted by atomic mass is 9.98. The second-order valence-corrected chi connectivity index (χ2v) is 8.96. The van der Waals surface area contributed by atoms with Gasteiger partial charge in [0.15, 0.2) is 0 Å². The van der Waals surface area contributed by atoms with Crippen LogP contribution in [0.1, 0.15) is 46.6 Å². The molecule has 0 saturated carbocycles. The molecular formula is C24H38N4O6. The molecule has 1 rings (SSSR count). The van der Waals surface area contributed by atoms with Crippen LogP contribution in [0.15, 0.2) is 30.3 Å². The Hall–Kier alpha value is -2.98. The highest BCUT2D eigenvalue weighted by Gasteiger charge is 2.33. The molecular weight excluding hydrogens is 440 g/mol. The standard InChI is InChI=1S/C24H38N4O6/c1-6-14(4)18(25)22(31)28-20(15(5)29)23(32)26-17(12-16-10-8-7-9-11-16)21(30)27-19(13(2)3)24(33)34/h7-11,13-15,17-20,29H,6,12,25H2,1-5H3,(H,26,32)(H,27,30)(H,28,31)(H,33,34). The minimum atomic E-state index is -1.35. The van der Waals surface area contributed by atoms with Gasteiger partial charge in [-0.25, -0.2) is 4.79 Å². The van der Waals surface area contributed by atoms with Crippen LogP contribution < -0.4 is 21.7 Å². The minimum absolute atomic E-state index is 0.0791. The smallest absolute Gasteiger partial charge is 0.326 e. The Morgan fingerprint density at radius 1 is 0.882 bits per heavy atom. The molecule has 0 radical (unpaired) electrons. The van der Waals surface area contributed by atoms with E-state index < -0.39 is 54.0 Å². The summed E-state index contributed by atoms with van der Waals surface area (Å²) in [7, 11) is 0. The van der Waals surface area contributed by atoms with Gasteiger partial charge in [0.05, 0.1) is 12.1 Å². The number of nitrogens with one attached hydrogen (secondary N) is 3. The number of hydrogen-bond donors (Lipinski definition) is 6. The number of amides is 3. The lowest BCUT2D eigenvalue weighted by Crippen LogP contribution is -2.60. The van der Waals surface area contributed by atoms with Gasteiger partial charge < -0.3 is 31.9 Å². The zero-order valence-electron chi connectivity index (χ0n) is 20.4. The summed E-state index contributed by atoms with van der Waals surface area (Å²) >= 11 is 0. The van der Waals surface area contributed by atoms with Crippen LogP contribution in [0.25, 0.3) is 0 Å². The molecule has 0 spiro atoms. The number of aliphatic carboxylic acids is 1. The van der Waals surface area contributed by atoms with E-state index in [0.717, 1.165) is 5.56 Å². The number of nitrogens with two attached hydrogens (primary N) is 1. The van der Waals surface area contributed by atoms with Crippen LogP contribution in [-0.4, -0.2) is 64.2 Å². The molecule has 10 heteroatoms. The van der Waals surface area contributed by atoms with Gasteiger partial charge in [0.1, 0.15) is 18.1 Å². The first-order valence-corrected chi connectivity index (χ1v) is 11.5. The van der Waals surface area contributed by atoms with E-state index in [4.69, 9.17) is 5.73 Å². The van der Waals surface area contributed by atoms with E-state index in [1.165, 1.54) is 6.92 Å². The molecule has 0 heterocycles. The highest BCUT2D eigenvalue weighted by atomic mass is 16.4. The SMILES string of the molecule is CCC(C)C(N)C(=O)NC(C(=O)NC(Cc1ccccc1)C(=O)NC(C(=O)O)C(C)C)C(C)O. The van der Waals surface area contributed by atoms with E-state index in [0.29, 0.717) is 6.42 Å². The fraction of sp³-hybridized carbons (Fsp3) is 0.583. The van der Waals surface area contributed by atoms with E-state index >= 15 is 0 Å². The molecule has 10 nitrogen and oxygen atoms in total. The summed E-state index contributed by atoms with van der Waals surface area (Å²) in [6.45, 7) is 8.33. The molecule has 0 aliphatic carbocycles. The molecule has 3 amide bonds. The van der Waals surface area contributed by atoms with E-state index in [-0.39, 0.29) is 18.3 Å². The van der Waals surface area contributed by atoms with Crippen molar-refractivity contribution in [3.05, 3.63) is 35.9 Å². The number of hydrogen-bond acceptors (Lipinski definition) is 6. The first kappa shape index (κ1) is 29.1. The van der Waals surface area contributed by atoms with Gasteiger partial charge in [-0.05, 0) is 24.3 Å². The largest absolute Gasteiger partial charge is 0.480 e. The van der Waals surface area contributed by atoms with Crippen molar-refractivity contribution >= 4 is 23.7 Å². The average molecular weight is 479 g/mol. The summed E-state index contributed by atoms with van der Waals surface area (Å²) in [5.41, 5.74) is 6.67. The fourth-order valence-electron chi connectivity index (χ4n) is 3.26. The van der Waals surface area contributed by atoms with Crippen molar-refractivity contribution in [3.63, 3.8) is 0 Å². The van der Waals surface area contributed by atoms with Crippen LogP contribution in [0, 0.1) is 11.8 Å². The van der Waals surface area contributed by atoms with Crippen molar-refractivity contribution in [3.8, 4) is 0 Å². The summed E-state index contributed by atoms with van der Waals surface area (Å²) in [5.74, 6) is -3.79. The number of aliphatic hydroxyl groups excluding tert-OH is 1. The number of carboxylic acids is 1. The summed E-state index contributed by atoms with van der Waals surface area (Å²) in [5, 5.41) is 27.1. The van der Waals surface area contributed by atoms with Gasteiger partial charge in [0.2, 0.25) is 17.7 Å². The third kappa shape index (κ3) is 8.75. The number of carbonyl (C=O) groups is 4. The number of carboxylic acid groups (broad SMARTS) is 1. The van der Waals surface area contributed by atoms with Gasteiger partial charge in [-0.3, -0.25) is 14.4 Å². The maximum absolute atomic E-state index is 13.0. The molecule has 1 aromatic carbocycles. The molecule has 0 aliphatic heterocycles. The minimum Gasteiger partial charge on any atom is -0.480 e. The Kier molecular flexibility index (Phi) is 11.7. The zero-order valence-corrected chi connectivity index (χ0v) is 20.4. The fourth-order valence-corrected chi connectivity index (χ4v) is 3.26. The third-order valence-corrected chi connectivity index (χ3v) is 5.77. The number of carbonyl (C=O) groups excluding carboxylic acids is 3. The van der Waals surface area contributed by atoms with Gasteiger partial charge in [0, 0.05) is 6.42 Å². The summed E-state index contributed by atoms with van der Waals surface area (Å²) in [6.07, 6.45) is -0.536. The Morgan fingerprint density at radius 2 is 1.44 bits per heavy atom. The summed E-state index contributed by atoms with van der Waals surface area (Å²) in [4.78, 5) is 50.1. The molecule has 0 saturated heterocycles. The molecule has 0 fully saturated rings. The number of benzene rings is 1. The van der Waals surface area contributed by atoms with E-state index in [2.05, 4.69) is 16.0 Å². The first-order valence-electron chi connectivity index (χ1n) is 11.5. The van der Waals surface area contributed by atoms with Crippen LogP contribution in [0.4, 0.5) is 0 Å². The van der Waals surface area contributed by atoms with Crippen molar-refractivity contribution in [2.45, 2.75) is 77.7 Å². The highest BCUT2D eigenvalue weighted by Crippen LogP contribution is 2.09. The van der Waals surface area contributed by atoms with Crippen molar-refractivity contribution in [2.24, 2.45) is 17.6 Å². The molecule has 6 atom stereocenters. The monoisotopic (exact) mass is 478 g/mol. The quantitative estimate of drug-likeness (QED) is 0.235. The van der Waals surface area contributed by atoms with Crippen LogP contribution in [0.3, 0.4) is 0 Å². The van der Waals surface area contributed by atoms with Crippen molar-refractivity contribution in [1.29, 1.82) is 0 Å². The van der Waals surface area contributed by atoms with Crippen LogP contribution >= 0.6 is 0 Å². The van der Waals surface area contributed by atoms with Crippen LogP contribution in [0.5, 0.6) is 0 Å². The Morgan fingerprint density at radius 3 is 1.91 bits per heavy atom. The molecule has 6 unspecified atom stereocenters. The Bertz CT molecular complexity index is 830. The molecule has 34 heavy (non-hydrogen) atoms. The molecule has 0 aliphatic rings. The van der Waals surface area contributed by atoms with Crippen molar-refractivity contribution in [2.75, 3.05) is 0 Å². The van der Waals surface area contributed by atoms with Gasteiger partial charge >= 0.3 is 5.97 Å². The molecule has 1 aromatic rings. The molecule has 0 bridgehead atoms.